The molecule has 1 atom stereocenters. The van der Waals surface area contributed by atoms with Gasteiger partial charge in [0.15, 0.2) is 0 Å². The van der Waals surface area contributed by atoms with Crippen LogP contribution in [0.15, 0.2) is 36.4 Å². The van der Waals surface area contributed by atoms with Crippen molar-refractivity contribution in [3.8, 4) is 0 Å². The van der Waals surface area contributed by atoms with Crippen LogP contribution in [0.25, 0.3) is 6.08 Å². The molecule has 3 saturated heterocycles. The number of nitrogens with zero attached hydrogens (tertiary/aromatic N) is 1. The molecular weight excluding hydrogens is 236 g/mol. The van der Waals surface area contributed by atoms with E-state index >= 15 is 0 Å². The van der Waals surface area contributed by atoms with Gasteiger partial charge >= 0.3 is 0 Å². The maximum atomic E-state index is 11.9. The van der Waals surface area contributed by atoms with Gasteiger partial charge in [-0.15, -0.1) is 0 Å². The highest BCUT2D eigenvalue weighted by atomic mass is 16.1. The van der Waals surface area contributed by atoms with Gasteiger partial charge in [0.2, 0.25) is 5.91 Å². The molecular formula is C16H20N2O. The molecule has 3 heteroatoms. The molecule has 3 aliphatic rings. The van der Waals surface area contributed by atoms with Crippen LogP contribution in [0.2, 0.25) is 0 Å². The molecule has 0 radical (unpaired) electrons. The van der Waals surface area contributed by atoms with Crippen molar-refractivity contribution in [3.63, 3.8) is 0 Å². The zero-order valence-corrected chi connectivity index (χ0v) is 11.1. The van der Waals surface area contributed by atoms with Crippen molar-refractivity contribution in [2.24, 2.45) is 5.92 Å². The molecule has 0 spiro atoms. The van der Waals surface area contributed by atoms with Crippen LogP contribution in [0.5, 0.6) is 0 Å². The first-order valence-corrected chi connectivity index (χ1v) is 7.07. The molecule has 1 amide bonds. The molecule has 4 rings (SSSR count). The first-order valence-electron chi connectivity index (χ1n) is 7.07. The molecule has 3 aliphatic heterocycles. The fourth-order valence-electron chi connectivity index (χ4n) is 3.10. The standard InChI is InChI=1S/C16H20N2O/c19-16(7-6-13-4-2-1-3-5-13)17-15-12-18-10-8-14(15)9-11-18/h1-7,14-15H,8-12H2,(H,17,19)/b7-6+/t15-/m0/s1. The average Bonchev–Trinajstić information content (AvgIpc) is 2.47. The minimum absolute atomic E-state index is 0.0302. The van der Waals surface area contributed by atoms with Crippen LogP contribution in [-0.4, -0.2) is 36.5 Å². The first kappa shape index (κ1) is 12.4. The Bertz CT molecular complexity index is 461. The van der Waals surface area contributed by atoms with Crippen LogP contribution in [0, 0.1) is 5.92 Å². The number of carbonyl (C=O) groups excluding carboxylic acids is 1. The molecule has 1 aromatic carbocycles. The normalized spacial score (nSPS) is 29.6. The van der Waals surface area contributed by atoms with Gasteiger partial charge in [0, 0.05) is 18.7 Å². The second-order valence-electron chi connectivity index (χ2n) is 5.50. The maximum Gasteiger partial charge on any atom is 0.244 e. The van der Waals surface area contributed by atoms with Crippen LogP contribution >= 0.6 is 0 Å². The molecule has 3 fully saturated rings. The van der Waals surface area contributed by atoms with Crippen LogP contribution in [-0.2, 0) is 4.79 Å². The van der Waals surface area contributed by atoms with Crippen molar-refractivity contribution >= 4 is 12.0 Å². The van der Waals surface area contributed by atoms with Gasteiger partial charge in [-0.2, -0.15) is 0 Å². The summed E-state index contributed by atoms with van der Waals surface area (Å²) in [5, 5.41) is 3.15. The predicted molar refractivity (Wildman–Crippen MR) is 76.6 cm³/mol. The van der Waals surface area contributed by atoms with Gasteiger partial charge in [-0.1, -0.05) is 30.3 Å². The zero-order chi connectivity index (χ0) is 13.1. The molecule has 0 aromatic heterocycles. The van der Waals surface area contributed by atoms with Crippen LogP contribution in [0.3, 0.4) is 0 Å². The first-order chi connectivity index (χ1) is 9.31. The number of fused-ring (bicyclic) bond motifs is 3. The van der Waals surface area contributed by atoms with Crippen molar-refractivity contribution in [1.82, 2.24) is 10.2 Å². The van der Waals surface area contributed by atoms with Gasteiger partial charge in [0.05, 0.1) is 0 Å². The average molecular weight is 256 g/mol. The highest BCUT2D eigenvalue weighted by Crippen LogP contribution is 2.27. The summed E-state index contributed by atoms with van der Waals surface area (Å²) in [6, 6.07) is 10.3. The van der Waals surface area contributed by atoms with Gasteiger partial charge in [0.25, 0.3) is 0 Å². The zero-order valence-electron chi connectivity index (χ0n) is 11.1. The fraction of sp³-hybridized carbons (Fsp3) is 0.438. The number of nitrogens with one attached hydrogen (secondary N) is 1. The summed E-state index contributed by atoms with van der Waals surface area (Å²) in [6.07, 6.45) is 5.98. The molecule has 19 heavy (non-hydrogen) atoms. The molecule has 0 aliphatic carbocycles. The van der Waals surface area contributed by atoms with E-state index in [1.807, 2.05) is 36.4 Å². The molecule has 1 N–H and O–H groups in total. The fourth-order valence-corrected chi connectivity index (χ4v) is 3.10. The van der Waals surface area contributed by atoms with E-state index in [0.29, 0.717) is 12.0 Å². The molecule has 1 aromatic rings. The van der Waals surface area contributed by atoms with Crippen LogP contribution < -0.4 is 5.32 Å². The van der Waals surface area contributed by atoms with E-state index in [1.165, 1.54) is 25.9 Å². The SMILES string of the molecule is O=C(/C=C/c1ccccc1)N[C@H]1CN2CCC1CC2. The number of benzene rings is 1. The minimum Gasteiger partial charge on any atom is -0.348 e. The molecule has 3 heterocycles. The van der Waals surface area contributed by atoms with Crippen LogP contribution in [0.4, 0.5) is 0 Å². The number of hydrogen-bond donors (Lipinski definition) is 1. The van der Waals surface area contributed by atoms with E-state index in [4.69, 9.17) is 0 Å². The summed E-state index contributed by atoms with van der Waals surface area (Å²) >= 11 is 0. The smallest absolute Gasteiger partial charge is 0.244 e. The molecule has 0 saturated carbocycles. The Balaban J connectivity index is 1.55. The lowest BCUT2D eigenvalue weighted by molar-refractivity contribution is -0.118. The monoisotopic (exact) mass is 256 g/mol. The van der Waals surface area contributed by atoms with Crippen molar-refractivity contribution in [2.45, 2.75) is 18.9 Å². The lowest BCUT2D eigenvalue weighted by Gasteiger charge is -2.44. The predicted octanol–water partition coefficient (Wildman–Crippen LogP) is 1.91. The third-order valence-electron chi connectivity index (χ3n) is 4.21. The van der Waals surface area contributed by atoms with Gasteiger partial charge in [-0.25, -0.2) is 0 Å². The van der Waals surface area contributed by atoms with Gasteiger partial charge in [-0.05, 0) is 43.5 Å². The third-order valence-corrected chi connectivity index (χ3v) is 4.21. The van der Waals surface area contributed by atoms with E-state index < -0.39 is 0 Å². The lowest BCUT2D eigenvalue weighted by Crippen LogP contribution is -2.57. The Morgan fingerprint density at radius 2 is 1.95 bits per heavy atom. The van der Waals surface area contributed by atoms with Crippen molar-refractivity contribution < 1.29 is 4.79 Å². The summed E-state index contributed by atoms with van der Waals surface area (Å²) in [6.45, 7) is 3.43. The highest BCUT2D eigenvalue weighted by Gasteiger charge is 2.34. The largest absolute Gasteiger partial charge is 0.348 e. The second-order valence-corrected chi connectivity index (χ2v) is 5.50. The summed E-state index contributed by atoms with van der Waals surface area (Å²) < 4.78 is 0. The number of piperidine rings is 3. The third kappa shape index (κ3) is 3.04. The van der Waals surface area contributed by atoms with Crippen molar-refractivity contribution in [3.05, 3.63) is 42.0 Å². The lowest BCUT2D eigenvalue weighted by atomic mass is 9.84. The van der Waals surface area contributed by atoms with E-state index in [0.717, 1.165) is 12.1 Å². The van der Waals surface area contributed by atoms with Crippen LogP contribution in [0.1, 0.15) is 18.4 Å². The number of hydrogen-bond acceptors (Lipinski definition) is 2. The van der Waals surface area contributed by atoms with Crippen molar-refractivity contribution in [1.29, 1.82) is 0 Å². The maximum absolute atomic E-state index is 11.9. The molecule has 3 nitrogen and oxygen atoms in total. The Kier molecular flexibility index (Phi) is 3.65. The van der Waals surface area contributed by atoms with E-state index in [2.05, 4.69) is 10.2 Å². The number of amides is 1. The summed E-state index contributed by atoms with van der Waals surface area (Å²) in [7, 11) is 0. The Labute approximate surface area is 114 Å². The Hall–Kier alpha value is -1.61. The molecule has 0 unspecified atom stereocenters. The van der Waals surface area contributed by atoms with Gasteiger partial charge < -0.3 is 10.2 Å². The molecule has 100 valence electrons. The number of rotatable bonds is 3. The van der Waals surface area contributed by atoms with Gasteiger partial charge in [0.1, 0.15) is 0 Å². The second kappa shape index (κ2) is 5.57. The van der Waals surface area contributed by atoms with E-state index in [-0.39, 0.29) is 5.91 Å². The topological polar surface area (TPSA) is 32.3 Å². The quantitative estimate of drug-likeness (QED) is 0.838. The van der Waals surface area contributed by atoms with E-state index in [1.54, 1.807) is 6.08 Å². The highest BCUT2D eigenvalue weighted by molar-refractivity contribution is 5.91. The van der Waals surface area contributed by atoms with Gasteiger partial charge in [-0.3, -0.25) is 4.79 Å². The Morgan fingerprint density at radius 3 is 2.58 bits per heavy atom. The minimum atomic E-state index is 0.0302. The summed E-state index contributed by atoms with van der Waals surface area (Å²) in [5.41, 5.74) is 1.06. The van der Waals surface area contributed by atoms with E-state index in [9.17, 15) is 4.79 Å². The summed E-state index contributed by atoms with van der Waals surface area (Å²) in [4.78, 5) is 14.4. The van der Waals surface area contributed by atoms with Crippen molar-refractivity contribution in [2.75, 3.05) is 19.6 Å². The summed E-state index contributed by atoms with van der Waals surface area (Å²) in [5.74, 6) is 0.710. The molecule has 2 bridgehead atoms. The Morgan fingerprint density at radius 1 is 1.21 bits per heavy atom. The number of carbonyl (C=O) groups is 1.